The van der Waals surface area contributed by atoms with Crippen LogP contribution in [-0.2, 0) is 14.8 Å². The van der Waals surface area contributed by atoms with E-state index in [0.717, 1.165) is 0 Å². The van der Waals surface area contributed by atoms with Crippen LogP contribution in [0.2, 0.25) is 0 Å². The summed E-state index contributed by atoms with van der Waals surface area (Å²) < 4.78 is 39.8. The van der Waals surface area contributed by atoms with Gasteiger partial charge in [-0.05, 0) is 33.6 Å². The molecule has 0 saturated carbocycles. The number of rotatable bonds is 3. The van der Waals surface area contributed by atoms with E-state index in [1.165, 1.54) is 19.2 Å². The molecule has 0 radical (unpaired) electrons. The Morgan fingerprint density at radius 1 is 1.53 bits per heavy atom. The summed E-state index contributed by atoms with van der Waals surface area (Å²) in [5.41, 5.74) is 0.357. The Hall–Kier alpha value is -0.330. The second kappa shape index (κ2) is 4.67. The predicted octanol–water partition coefficient (Wildman–Crippen LogP) is 2.67. The average molecular weight is 318 g/mol. The first kappa shape index (κ1) is 12.7. The van der Waals surface area contributed by atoms with Crippen LogP contribution in [0.1, 0.15) is 5.56 Å². The van der Waals surface area contributed by atoms with Crippen LogP contribution < -0.4 is 4.74 Å². The van der Waals surface area contributed by atoms with E-state index in [1.807, 2.05) is 0 Å². The number of hydrogen-bond acceptors (Lipinski definition) is 3. The predicted molar refractivity (Wildman–Crippen MR) is 59.1 cm³/mol. The van der Waals surface area contributed by atoms with E-state index in [-0.39, 0.29) is 16.0 Å². The molecule has 0 unspecified atom stereocenters. The van der Waals surface area contributed by atoms with Crippen molar-refractivity contribution in [3.8, 4) is 5.75 Å². The van der Waals surface area contributed by atoms with E-state index in [2.05, 4.69) is 15.9 Å². The van der Waals surface area contributed by atoms with E-state index in [9.17, 15) is 12.8 Å². The Bertz CT molecular complexity index is 475. The molecule has 1 rings (SSSR count). The highest BCUT2D eigenvalue weighted by molar-refractivity contribution is 9.10. The average Bonchev–Trinajstić information content (AvgIpc) is 2.08. The lowest BCUT2D eigenvalue weighted by molar-refractivity contribution is 0.385. The fraction of sp³-hybridized carbons (Fsp3) is 0.250. The first-order valence-electron chi connectivity index (χ1n) is 3.77. The molecule has 7 heteroatoms. The molecule has 0 aliphatic heterocycles. The molecule has 0 bridgehead atoms. The molecule has 0 aromatic heterocycles. The van der Waals surface area contributed by atoms with Gasteiger partial charge in [0.2, 0.25) is 9.05 Å². The van der Waals surface area contributed by atoms with Crippen LogP contribution in [0.15, 0.2) is 16.6 Å². The van der Waals surface area contributed by atoms with Gasteiger partial charge < -0.3 is 4.74 Å². The summed E-state index contributed by atoms with van der Waals surface area (Å²) >= 11 is 2.95. The molecule has 0 saturated heterocycles. The normalized spacial score (nSPS) is 11.5. The van der Waals surface area contributed by atoms with Gasteiger partial charge in [0.05, 0.1) is 17.3 Å². The molecule has 0 aliphatic rings. The molecule has 0 heterocycles. The summed E-state index contributed by atoms with van der Waals surface area (Å²) in [6, 6.07) is 2.64. The molecule has 1 aromatic carbocycles. The Labute approximate surface area is 99.7 Å². The largest absolute Gasteiger partial charge is 0.494 e. The molecular formula is C8H7BrClFO3S. The van der Waals surface area contributed by atoms with Crippen LogP contribution in [0.3, 0.4) is 0 Å². The molecule has 84 valence electrons. The highest BCUT2D eigenvalue weighted by atomic mass is 79.9. The van der Waals surface area contributed by atoms with E-state index < -0.39 is 14.9 Å². The third-order valence-corrected chi connectivity index (χ3v) is 3.20. The highest BCUT2D eigenvalue weighted by Gasteiger charge is 2.13. The standard InChI is InChI=1S/C8H7BrClFO3S/c1-14-7-3-5(4-15(10,12)13)2-6(9)8(7)11/h2-3H,4H2,1H3. The zero-order valence-electron chi connectivity index (χ0n) is 7.63. The number of methoxy groups -OCH3 is 1. The van der Waals surface area contributed by atoms with Crippen LogP contribution in [-0.4, -0.2) is 15.5 Å². The molecule has 0 N–H and O–H groups in total. The Morgan fingerprint density at radius 3 is 2.60 bits per heavy atom. The first-order valence-corrected chi connectivity index (χ1v) is 7.05. The van der Waals surface area contributed by atoms with Gasteiger partial charge in [0.25, 0.3) is 0 Å². The fourth-order valence-corrected chi connectivity index (χ4v) is 2.48. The molecule has 0 aliphatic carbocycles. The van der Waals surface area contributed by atoms with Crippen molar-refractivity contribution in [3.63, 3.8) is 0 Å². The molecular weight excluding hydrogens is 311 g/mol. The van der Waals surface area contributed by atoms with Gasteiger partial charge in [-0.15, -0.1) is 0 Å². The minimum Gasteiger partial charge on any atom is -0.494 e. The maximum atomic E-state index is 13.3. The highest BCUT2D eigenvalue weighted by Crippen LogP contribution is 2.28. The summed E-state index contributed by atoms with van der Waals surface area (Å²) in [4.78, 5) is 0. The number of halogens is 3. The minimum atomic E-state index is -3.66. The maximum absolute atomic E-state index is 13.3. The summed E-state index contributed by atoms with van der Waals surface area (Å²) in [5.74, 6) is -0.975. The van der Waals surface area contributed by atoms with Gasteiger partial charge in [-0.3, -0.25) is 0 Å². The Balaban J connectivity index is 3.17. The van der Waals surface area contributed by atoms with Crippen LogP contribution in [0.5, 0.6) is 5.75 Å². The third-order valence-electron chi connectivity index (χ3n) is 1.61. The smallest absolute Gasteiger partial charge is 0.236 e. The van der Waals surface area contributed by atoms with E-state index in [4.69, 9.17) is 15.4 Å². The van der Waals surface area contributed by atoms with Gasteiger partial charge in [-0.2, -0.15) is 0 Å². The van der Waals surface area contributed by atoms with Gasteiger partial charge in [0, 0.05) is 10.7 Å². The first-order chi connectivity index (χ1) is 6.83. The van der Waals surface area contributed by atoms with Crippen molar-refractivity contribution in [3.05, 3.63) is 28.0 Å². The van der Waals surface area contributed by atoms with Gasteiger partial charge >= 0.3 is 0 Å². The number of benzene rings is 1. The van der Waals surface area contributed by atoms with Crippen molar-refractivity contribution in [1.82, 2.24) is 0 Å². The monoisotopic (exact) mass is 316 g/mol. The van der Waals surface area contributed by atoms with E-state index >= 15 is 0 Å². The SMILES string of the molecule is COc1cc(CS(=O)(=O)Cl)cc(Br)c1F. The summed E-state index contributed by atoms with van der Waals surface area (Å²) in [6.45, 7) is 0. The van der Waals surface area contributed by atoms with Crippen molar-refractivity contribution >= 4 is 35.7 Å². The second-order valence-corrected chi connectivity index (χ2v) is 6.41. The maximum Gasteiger partial charge on any atom is 0.236 e. The van der Waals surface area contributed by atoms with Crippen LogP contribution >= 0.6 is 26.6 Å². The van der Waals surface area contributed by atoms with Gasteiger partial charge in [-0.25, -0.2) is 12.8 Å². The van der Waals surface area contributed by atoms with Crippen LogP contribution in [0.25, 0.3) is 0 Å². The van der Waals surface area contributed by atoms with Crippen molar-refractivity contribution in [2.24, 2.45) is 0 Å². The van der Waals surface area contributed by atoms with Gasteiger partial charge in [0.15, 0.2) is 11.6 Å². The lowest BCUT2D eigenvalue weighted by atomic mass is 10.2. The van der Waals surface area contributed by atoms with Crippen molar-refractivity contribution in [2.75, 3.05) is 7.11 Å². The van der Waals surface area contributed by atoms with Gasteiger partial charge in [0.1, 0.15) is 0 Å². The van der Waals surface area contributed by atoms with Crippen molar-refractivity contribution in [2.45, 2.75) is 5.75 Å². The quantitative estimate of drug-likeness (QED) is 0.805. The lowest BCUT2D eigenvalue weighted by Crippen LogP contribution is -1.98. The molecule has 15 heavy (non-hydrogen) atoms. The van der Waals surface area contributed by atoms with Crippen LogP contribution in [0, 0.1) is 5.82 Å². The third kappa shape index (κ3) is 3.62. The molecule has 0 spiro atoms. The zero-order valence-corrected chi connectivity index (χ0v) is 10.8. The van der Waals surface area contributed by atoms with Gasteiger partial charge in [-0.1, -0.05) is 0 Å². The zero-order chi connectivity index (χ0) is 11.6. The Morgan fingerprint density at radius 2 is 2.13 bits per heavy atom. The second-order valence-electron chi connectivity index (χ2n) is 2.78. The van der Waals surface area contributed by atoms with Crippen LogP contribution in [0.4, 0.5) is 4.39 Å². The molecule has 3 nitrogen and oxygen atoms in total. The summed E-state index contributed by atoms with van der Waals surface area (Å²) in [7, 11) is 2.71. The van der Waals surface area contributed by atoms with E-state index in [1.54, 1.807) is 0 Å². The minimum absolute atomic E-state index is 0.0281. The number of hydrogen-bond donors (Lipinski definition) is 0. The molecule has 0 atom stereocenters. The number of ether oxygens (including phenoxy) is 1. The molecule has 1 aromatic rings. The summed E-state index contributed by atoms with van der Waals surface area (Å²) in [5, 5.41) is 0. The van der Waals surface area contributed by atoms with E-state index in [0.29, 0.717) is 5.56 Å². The van der Waals surface area contributed by atoms with Crippen molar-refractivity contribution < 1.29 is 17.5 Å². The fourth-order valence-electron chi connectivity index (χ4n) is 1.05. The Kier molecular flexibility index (Phi) is 3.97. The lowest BCUT2D eigenvalue weighted by Gasteiger charge is -2.06. The molecule has 0 amide bonds. The summed E-state index contributed by atoms with van der Waals surface area (Å²) in [6.07, 6.45) is 0. The van der Waals surface area contributed by atoms with Crippen molar-refractivity contribution in [1.29, 1.82) is 0 Å². The topological polar surface area (TPSA) is 43.4 Å². The molecule has 0 fully saturated rings.